The maximum Gasteiger partial charge on any atom is 0.417 e. The van der Waals surface area contributed by atoms with Crippen LogP contribution in [0.4, 0.5) is 42.5 Å². The molecule has 55 heavy (non-hydrogen) atoms. The summed E-state index contributed by atoms with van der Waals surface area (Å²) in [6.07, 6.45) is -4.61. The summed E-state index contributed by atoms with van der Waals surface area (Å²) in [5.41, 5.74) is -5.72. The second kappa shape index (κ2) is 13.6. The first-order valence-electron chi connectivity index (χ1n) is 17.8. The van der Waals surface area contributed by atoms with Gasteiger partial charge in [0.2, 0.25) is 0 Å². The summed E-state index contributed by atoms with van der Waals surface area (Å²) in [7, 11) is 0. The fourth-order valence-electron chi connectivity index (χ4n) is 7.08. The predicted molar refractivity (Wildman–Crippen MR) is 194 cm³/mol. The van der Waals surface area contributed by atoms with E-state index in [1.165, 1.54) is 0 Å². The molecule has 2 aromatic heterocycles. The summed E-state index contributed by atoms with van der Waals surface area (Å²) < 4.78 is 100.0. The number of halogens is 5. The summed E-state index contributed by atoms with van der Waals surface area (Å²) >= 11 is 0.658. The Balaban J connectivity index is 1.36. The van der Waals surface area contributed by atoms with Crippen LogP contribution in [0.25, 0.3) is 32.2 Å². The summed E-state index contributed by atoms with van der Waals surface area (Å²) in [4.78, 5) is 42.1. The van der Waals surface area contributed by atoms with Crippen molar-refractivity contribution in [2.75, 3.05) is 36.5 Å². The van der Waals surface area contributed by atoms with Crippen molar-refractivity contribution < 1.29 is 50.5 Å². The second-order valence-corrected chi connectivity index (χ2v) is 17.3. The van der Waals surface area contributed by atoms with Gasteiger partial charge in [-0.25, -0.2) is 23.4 Å². The van der Waals surface area contributed by atoms with Gasteiger partial charge in [-0.3, -0.25) is 10.2 Å². The molecule has 18 heteroatoms. The second-order valence-electron chi connectivity index (χ2n) is 16.3. The monoisotopic (exact) mass is 792 g/mol. The van der Waals surface area contributed by atoms with E-state index in [9.17, 15) is 9.59 Å². The number of carbonyl (C=O) groups excluding carboxylic acids is 2. The van der Waals surface area contributed by atoms with E-state index in [0.29, 0.717) is 37.2 Å². The number of piperazine rings is 1. The van der Waals surface area contributed by atoms with E-state index in [1.807, 2.05) is 6.92 Å². The van der Waals surface area contributed by atoms with E-state index >= 15 is 22.0 Å². The minimum atomic E-state index is -5.12. The first kappa shape index (κ1) is 38.7. The lowest BCUT2D eigenvalue weighted by Crippen LogP contribution is -2.57. The Morgan fingerprint density at radius 2 is 1.64 bits per heavy atom. The van der Waals surface area contributed by atoms with Crippen molar-refractivity contribution in [1.29, 1.82) is 0 Å². The molecule has 2 amide bonds. The van der Waals surface area contributed by atoms with Crippen LogP contribution in [0.2, 0.25) is 0 Å². The Kier molecular flexibility index (Phi) is 9.54. The van der Waals surface area contributed by atoms with E-state index in [2.05, 4.69) is 20.3 Å². The zero-order valence-corrected chi connectivity index (χ0v) is 32.1. The number of carbonyl (C=O) groups is 2. The van der Waals surface area contributed by atoms with Crippen LogP contribution in [0.1, 0.15) is 73.3 Å². The average molecular weight is 793 g/mol. The van der Waals surface area contributed by atoms with Gasteiger partial charge in [0.05, 0.1) is 34.5 Å². The smallest absolute Gasteiger partial charge is 0.417 e. The van der Waals surface area contributed by atoms with Gasteiger partial charge in [0.1, 0.15) is 40.6 Å². The largest absolute Gasteiger partial charge is 0.460 e. The third kappa shape index (κ3) is 7.79. The van der Waals surface area contributed by atoms with Gasteiger partial charge in [-0.2, -0.15) is 23.1 Å². The molecule has 12 nitrogen and oxygen atoms in total. The van der Waals surface area contributed by atoms with E-state index in [-0.39, 0.29) is 69.9 Å². The topological polar surface area (TPSA) is 128 Å². The molecule has 0 aliphatic carbocycles. The fourth-order valence-corrected chi connectivity index (χ4v) is 7.96. The highest BCUT2D eigenvalue weighted by Crippen LogP contribution is 2.47. The highest BCUT2D eigenvalue weighted by molar-refractivity contribution is 7.22. The van der Waals surface area contributed by atoms with E-state index in [1.54, 1.807) is 51.3 Å². The van der Waals surface area contributed by atoms with E-state index in [0.717, 1.165) is 18.2 Å². The zero-order valence-electron chi connectivity index (χ0n) is 31.3. The highest BCUT2D eigenvalue weighted by atomic mass is 32.1. The lowest BCUT2D eigenvalue weighted by molar-refractivity contribution is -0.153. The summed E-state index contributed by atoms with van der Waals surface area (Å²) in [5, 5.41) is 1.98. The predicted octanol–water partition coefficient (Wildman–Crippen LogP) is 8.70. The molecule has 0 spiro atoms. The number of fused-ring (bicyclic) bond motifs is 4. The molecule has 7 rings (SSSR count). The van der Waals surface area contributed by atoms with Crippen molar-refractivity contribution in [3.05, 3.63) is 35.4 Å². The minimum absolute atomic E-state index is 0.00173. The average Bonchev–Trinajstić information content (AvgIpc) is 3.59. The molecule has 3 fully saturated rings. The Morgan fingerprint density at radius 3 is 2.22 bits per heavy atom. The Labute approximate surface area is 317 Å². The maximum atomic E-state index is 17.2. The van der Waals surface area contributed by atoms with Gasteiger partial charge in [0, 0.05) is 36.0 Å². The number of rotatable bonds is 6. The molecular formula is C37H41F5N6O6S. The lowest BCUT2D eigenvalue weighted by atomic mass is 9.95. The van der Waals surface area contributed by atoms with Crippen molar-refractivity contribution in [3.63, 3.8) is 0 Å². The highest BCUT2D eigenvalue weighted by Gasteiger charge is 2.46. The van der Waals surface area contributed by atoms with Crippen LogP contribution in [0.3, 0.4) is 0 Å². The molecule has 2 aromatic carbocycles. The summed E-state index contributed by atoms with van der Waals surface area (Å²) in [6, 6.07) is 1.72. The standard InChI is InChI=1S/C37H41F5N6O6S/c1-34(2,3)53-32(49)46-31-44-27-20(10-11-23(38)28(27)55-31)24-22(37(40,41)42)14-21-26(25(24)39)43-30(51-17-36(7)12-13-52-36)45-29(21)47-15-18-8-9-19(16-47)48(18)33(50)54-35(4,5)6/h10-11,14,18-19H,8-9,12-13,15-17H2,1-7H3,(H,44,46,49). The number of hydrogen-bond donors (Lipinski definition) is 1. The van der Waals surface area contributed by atoms with Gasteiger partial charge in [0.25, 0.3) is 0 Å². The molecular weight excluding hydrogens is 752 g/mol. The quantitative estimate of drug-likeness (QED) is 0.190. The first-order chi connectivity index (χ1) is 25.6. The number of nitrogens with zero attached hydrogens (tertiary/aromatic N) is 5. The van der Waals surface area contributed by atoms with Crippen molar-refractivity contribution in [2.45, 2.75) is 103 Å². The van der Waals surface area contributed by atoms with Crippen molar-refractivity contribution in [2.24, 2.45) is 0 Å². The molecule has 3 unspecified atom stereocenters. The van der Waals surface area contributed by atoms with Gasteiger partial charge in [-0.15, -0.1) is 0 Å². The fraction of sp³-hybridized carbons (Fsp3) is 0.541. The normalized spacial score (nSPS) is 21.5. The Hall–Kier alpha value is -4.58. The van der Waals surface area contributed by atoms with Crippen LogP contribution in [0, 0.1) is 11.6 Å². The summed E-state index contributed by atoms with van der Waals surface area (Å²) in [5.74, 6) is -2.20. The Bertz CT molecular complexity index is 2170. The van der Waals surface area contributed by atoms with Crippen molar-refractivity contribution >= 4 is 55.6 Å². The molecule has 3 saturated heterocycles. The number of anilines is 2. The summed E-state index contributed by atoms with van der Waals surface area (Å²) in [6.45, 7) is 12.9. The third-order valence-corrected chi connectivity index (χ3v) is 10.5. The zero-order chi connectivity index (χ0) is 39.8. The van der Waals surface area contributed by atoms with Gasteiger partial charge in [0.15, 0.2) is 10.9 Å². The van der Waals surface area contributed by atoms with Crippen molar-refractivity contribution in [1.82, 2.24) is 19.9 Å². The first-order valence-corrected chi connectivity index (χ1v) is 18.6. The van der Waals surface area contributed by atoms with Crippen LogP contribution >= 0.6 is 11.3 Å². The Morgan fingerprint density at radius 1 is 0.982 bits per heavy atom. The molecule has 3 aliphatic rings. The van der Waals surface area contributed by atoms with Gasteiger partial charge in [-0.05, 0) is 79.5 Å². The number of amides is 2. The molecule has 3 aliphatic heterocycles. The minimum Gasteiger partial charge on any atom is -0.460 e. The van der Waals surface area contributed by atoms with Crippen LogP contribution in [0.15, 0.2) is 18.2 Å². The number of hydrogen-bond acceptors (Lipinski definition) is 11. The molecule has 296 valence electrons. The van der Waals surface area contributed by atoms with E-state index < -0.39 is 63.4 Å². The molecule has 5 heterocycles. The van der Waals surface area contributed by atoms with Crippen LogP contribution in [-0.4, -0.2) is 87.2 Å². The van der Waals surface area contributed by atoms with Crippen molar-refractivity contribution in [3.8, 4) is 17.1 Å². The van der Waals surface area contributed by atoms with E-state index in [4.69, 9.17) is 18.9 Å². The molecule has 4 aromatic rings. The molecule has 0 saturated carbocycles. The molecule has 2 bridgehead atoms. The number of benzene rings is 2. The number of ether oxygens (including phenoxy) is 4. The number of nitrogens with one attached hydrogen (secondary N) is 1. The van der Waals surface area contributed by atoms with Gasteiger partial charge in [-0.1, -0.05) is 11.3 Å². The molecule has 3 atom stereocenters. The maximum absolute atomic E-state index is 17.2. The number of alkyl halides is 3. The van der Waals surface area contributed by atoms with Gasteiger partial charge < -0.3 is 23.8 Å². The molecule has 0 radical (unpaired) electrons. The van der Waals surface area contributed by atoms with Crippen LogP contribution in [0.5, 0.6) is 6.01 Å². The van der Waals surface area contributed by atoms with Crippen LogP contribution in [-0.2, 0) is 20.4 Å². The lowest BCUT2D eigenvalue weighted by Gasteiger charge is -2.42. The third-order valence-electron chi connectivity index (χ3n) is 9.54. The number of thiazole rings is 1. The molecule has 1 N–H and O–H groups in total. The van der Waals surface area contributed by atoms with Gasteiger partial charge >= 0.3 is 24.4 Å². The van der Waals surface area contributed by atoms with Crippen LogP contribution < -0.4 is 15.0 Å². The number of aromatic nitrogens is 3. The SMILES string of the molecule is CC(C)(C)OC(=O)Nc1nc2c(-c3c(C(F)(F)F)cc4c(N5CC6CCC(C5)N6C(=O)OC(C)(C)C)nc(OCC5(C)CCO5)nc4c3F)ccc(F)c2s1.